The van der Waals surface area contributed by atoms with Gasteiger partial charge in [-0.25, -0.2) is 0 Å². The molecule has 1 fully saturated rings. The molecule has 0 saturated heterocycles. The second-order valence-corrected chi connectivity index (χ2v) is 11.0. The molecule has 1 aliphatic carbocycles. The van der Waals surface area contributed by atoms with Gasteiger partial charge in [0.2, 0.25) is 0 Å². The first-order valence-electron chi connectivity index (χ1n) is 12.8. The SMILES string of the molecule is CCC(CCCc1ccc2c(C(F)(F)F)c(OC3CCC(C(C)(C)C)CC3)ccc2c1)C(=O)OC. The van der Waals surface area contributed by atoms with Crippen molar-refractivity contribution in [3.63, 3.8) is 0 Å². The summed E-state index contributed by atoms with van der Waals surface area (Å²) >= 11 is 0. The van der Waals surface area contributed by atoms with E-state index in [2.05, 4.69) is 20.8 Å². The average molecular weight is 493 g/mol. The van der Waals surface area contributed by atoms with E-state index in [-0.39, 0.29) is 34.5 Å². The Bertz CT molecular complexity index is 999. The number of carbonyl (C=O) groups is 1. The minimum atomic E-state index is -4.51. The lowest BCUT2D eigenvalue weighted by molar-refractivity contribution is -0.145. The molecular formula is C29H39F3O3. The van der Waals surface area contributed by atoms with Crippen molar-refractivity contribution in [3.05, 3.63) is 41.5 Å². The van der Waals surface area contributed by atoms with E-state index in [9.17, 15) is 18.0 Å². The second-order valence-electron chi connectivity index (χ2n) is 11.0. The summed E-state index contributed by atoms with van der Waals surface area (Å²) in [6.45, 7) is 8.62. The van der Waals surface area contributed by atoms with Gasteiger partial charge in [-0.2, -0.15) is 13.2 Å². The number of alkyl halides is 3. The van der Waals surface area contributed by atoms with Gasteiger partial charge in [-0.15, -0.1) is 0 Å². The Morgan fingerprint density at radius 1 is 1.06 bits per heavy atom. The topological polar surface area (TPSA) is 35.5 Å². The van der Waals surface area contributed by atoms with Crippen LogP contribution in [-0.2, 0) is 22.1 Å². The van der Waals surface area contributed by atoms with Gasteiger partial charge in [-0.05, 0) is 85.1 Å². The Morgan fingerprint density at radius 3 is 2.31 bits per heavy atom. The Balaban J connectivity index is 1.76. The maximum absolute atomic E-state index is 14.2. The zero-order valence-electron chi connectivity index (χ0n) is 21.6. The molecule has 2 aromatic rings. The fourth-order valence-electron chi connectivity index (χ4n) is 5.34. The van der Waals surface area contributed by atoms with Crippen molar-refractivity contribution in [1.29, 1.82) is 0 Å². The van der Waals surface area contributed by atoms with Crippen LogP contribution in [0.3, 0.4) is 0 Å². The minimum Gasteiger partial charge on any atom is -0.490 e. The first-order chi connectivity index (χ1) is 16.4. The molecule has 3 nitrogen and oxygen atoms in total. The van der Waals surface area contributed by atoms with E-state index >= 15 is 0 Å². The zero-order chi connectivity index (χ0) is 25.8. The van der Waals surface area contributed by atoms with Crippen LogP contribution in [0.5, 0.6) is 5.75 Å². The Morgan fingerprint density at radius 2 is 1.74 bits per heavy atom. The fourth-order valence-corrected chi connectivity index (χ4v) is 5.34. The molecule has 0 heterocycles. The van der Waals surface area contributed by atoms with E-state index in [1.165, 1.54) is 13.2 Å². The van der Waals surface area contributed by atoms with E-state index < -0.39 is 11.7 Å². The third-order valence-corrected chi connectivity index (χ3v) is 7.57. The second kappa shape index (κ2) is 11.2. The third-order valence-electron chi connectivity index (χ3n) is 7.57. The van der Waals surface area contributed by atoms with Gasteiger partial charge in [-0.3, -0.25) is 4.79 Å². The number of benzene rings is 2. The molecule has 1 saturated carbocycles. The van der Waals surface area contributed by atoms with Crippen molar-refractivity contribution in [2.24, 2.45) is 17.3 Å². The highest BCUT2D eigenvalue weighted by Gasteiger charge is 2.38. The Hall–Kier alpha value is -2.24. The molecule has 6 heteroatoms. The number of carbonyl (C=O) groups excluding carboxylic acids is 1. The summed E-state index contributed by atoms with van der Waals surface area (Å²) in [6, 6.07) is 8.36. The molecule has 0 aromatic heterocycles. The normalized spacial score (nSPS) is 20.0. The predicted octanol–water partition coefficient (Wildman–Crippen LogP) is 8.36. The zero-order valence-corrected chi connectivity index (χ0v) is 21.6. The first-order valence-corrected chi connectivity index (χ1v) is 12.8. The van der Waals surface area contributed by atoms with Crippen LogP contribution >= 0.6 is 0 Å². The summed E-state index contributed by atoms with van der Waals surface area (Å²) in [5.41, 5.74) is 0.482. The van der Waals surface area contributed by atoms with E-state index in [0.29, 0.717) is 30.6 Å². The van der Waals surface area contributed by atoms with Crippen molar-refractivity contribution >= 4 is 16.7 Å². The molecule has 0 aliphatic heterocycles. The number of aryl methyl sites for hydroxylation is 1. The van der Waals surface area contributed by atoms with Crippen molar-refractivity contribution in [3.8, 4) is 5.75 Å². The van der Waals surface area contributed by atoms with Gasteiger partial charge in [0.25, 0.3) is 0 Å². The molecule has 0 amide bonds. The van der Waals surface area contributed by atoms with Crippen LogP contribution in [0.2, 0.25) is 0 Å². The maximum Gasteiger partial charge on any atom is 0.420 e. The molecular weight excluding hydrogens is 453 g/mol. The lowest BCUT2D eigenvalue weighted by Crippen LogP contribution is -2.31. The number of esters is 1. The van der Waals surface area contributed by atoms with Crippen LogP contribution in [0.1, 0.15) is 83.8 Å². The summed E-state index contributed by atoms with van der Waals surface area (Å²) in [5, 5.41) is 0.724. The first kappa shape index (κ1) is 27.3. The third kappa shape index (κ3) is 6.92. The maximum atomic E-state index is 14.2. The molecule has 0 radical (unpaired) electrons. The molecule has 0 bridgehead atoms. The fraction of sp³-hybridized carbons (Fsp3) is 0.621. The quantitative estimate of drug-likeness (QED) is 0.347. The van der Waals surface area contributed by atoms with Crippen molar-refractivity contribution in [2.75, 3.05) is 7.11 Å². The largest absolute Gasteiger partial charge is 0.490 e. The lowest BCUT2D eigenvalue weighted by Gasteiger charge is -2.37. The van der Waals surface area contributed by atoms with Crippen LogP contribution < -0.4 is 4.74 Å². The lowest BCUT2D eigenvalue weighted by atomic mass is 9.72. The van der Waals surface area contributed by atoms with Gasteiger partial charge in [0, 0.05) is 0 Å². The molecule has 0 N–H and O–H groups in total. The van der Waals surface area contributed by atoms with E-state index in [4.69, 9.17) is 9.47 Å². The van der Waals surface area contributed by atoms with Crippen molar-refractivity contribution < 1.29 is 27.4 Å². The van der Waals surface area contributed by atoms with E-state index in [0.717, 1.165) is 37.7 Å². The number of hydrogen-bond acceptors (Lipinski definition) is 3. The number of halogens is 3. The Labute approximate surface area is 207 Å². The van der Waals surface area contributed by atoms with Gasteiger partial charge in [0.15, 0.2) is 0 Å². The highest BCUT2D eigenvalue weighted by Crippen LogP contribution is 2.44. The van der Waals surface area contributed by atoms with Gasteiger partial charge in [-0.1, -0.05) is 52.0 Å². The predicted molar refractivity (Wildman–Crippen MR) is 134 cm³/mol. The van der Waals surface area contributed by atoms with Crippen LogP contribution in [0.15, 0.2) is 30.3 Å². The van der Waals surface area contributed by atoms with Crippen molar-refractivity contribution in [1.82, 2.24) is 0 Å². The summed E-state index contributed by atoms with van der Waals surface area (Å²) in [7, 11) is 1.39. The van der Waals surface area contributed by atoms with Crippen LogP contribution in [0, 0.1) is 17.3 Å². The number of methoxy groups -OCH3 is 1. The molecule has 194 valence electrons. The summed E-state index contributed by atoms with van der Waals surface area (Å²) < 4.78 is 53.3. The summed E-state index contributed by atoms with van der Waals surface area (Å²) in [6.07, 6.45) is 1.67. The molecule has 3 rings (SSSR count). The smallest absolute Gasteiger partial charge is 0.420 e. The van der Waals surface area contributed by atoms with Gasteiger partial charge >= 0.3 is 12.1 Å². The van der Waals surface area contributed by atoms with Crippen LogP contribution in [0.25, 0.3) is 10.8 Å². The van der Waals surface area contributed by atoms with Crippen LogP contribution in [0.4, 0.5) is 13.2 Å². The average Bonchev–Trinajstić information content (AvgIpc) is 2.80. The highest BCUT2D eigenvalue weighted by atomic mass is 19.4. The monoisotopic (exact) mass is 492 g/mol. The van der Waals surface area contributed by atoms with E-state index in [1.807, 2.05) is 13.0 Å². The van der Waals surface area contributed by atoms with E-state index in [1.54, 1.807) is 18.2 Å². The number of fused-ring (bicyclic) bond motifs is 1. The van der Waals surface area contributed by atoms with Crippen molar-refractivity contribution in [2.45, 2.75) is 91.3 Å². The number of hydrogen-bond donors (Lipinski definition) is 0. The molecule has 1 atom stereocenters. The minimum absolute atomic E-state index is 0.0687. The number of rotatable bonds is 8. The molecule has 1 aliphatic rings. The van der Waals surface area contributed by atoms with Gasteiger partial charge in [0.05, 0.1) is 19.1 Å². The molecule has 0 spiro atoms. The van der Waals surface area contributed by atoms with Crippen LogP contribution in [-0.4, -0.2) is 19.2 Å². The molecule has 35 heavy (non-hydrogen) atoms. The number of ether oxygens (including phenoxy) is 2. The Kier molecular flexibility index (Phi) is 8.76. The van der Waals surface area contributed by atoms with Gasteiger partial charge < -0.3 is 9.47 Å². The summed E-state index contributed by atoms with van der Waals surface area (Å²) in [4.78, 5) is 11.8. The molecule has 2 aromatic carbocycles. The van der Waals surface area contributed by atoms with Gasteiger partial charge in [0.1, 0.15) is 11.3 Å². The molecule has 1 unspecified atom stereocenters. The summed E-state index contributed by atoms with van der Waals surface area (Å²) in [5.74, 6) is 0.149. The highest BCUT2D eigenvalue weighted by molar-refractivity contribution is 5.89. The standard InChI is InChI=1S/C29H39F3O3/c1-6-20(27(33)34-5)9-7-8-19-10-16-24-21(18-19)11-17-25(26(24)29(30,31)32)35-23-14-12-22(13-15-23)28(2,3)4/h10-11,16-18,20,22-23H,6-9,12-15H2,1-5H3.